The molecule has 2 heterocycles. The van der Waals surface area contributed by atoms with Crippen molar-refractivity contribution < 1.29 is 0 Å². The highest BCUT2D eigenvalue weighted by molar-refractivity contribution is 5.58. The van der Waals surface area contributed by atoms with Crippen molar-refractivity contribution in [3.63, 3.8) is 0 Å². The van der Waals surface area contributed by atoms with Crippen molar-refractivity contribution in [3.8, 4) is 0 Å². The molecule has 106 valence electrons. The van der Waals surface area contributed by atoms with Crippen LogP contribution >= 0.6 is 0 Å². The largest absolute Gasteiger partial charge is 0.370 e. The molecule has 0 aliphatic carbocycles. The van der Waals surface area contributed by atoms with E-state index in [1.807, 2.05) is 0 Å². The van der Waals surface area contributed by atoms with Crippen LogP contribution in [-0.4, -0.2) is 29.6 Å². The minimum atomic E-state index is 0.888. The minimum Gasteiger partial charge on any atom is -0.370 e. The summed E-state index contributed by atoms with van der Waals surface area (Å²) in [5, 5.41) is 3.37. The maximum Gasteiger partial charge on any atom is 0.137 e. The Labute approximate surface area is 116 Å². The van der Waals surface area contributed by atoms with Crippen LogP contribution < -0.4 is 10.2 Å². The van der Waals surface area contributed by atoms with Crippen LogP contribution in [0.2, 0.25) is 0 Å². The van der Waals surface area contributed by atoms with Crippen LogP contribution in [0, 0.1) is 6.92 Å². The molecule has 1 aliphatic heterocycles. The molecule has 1 N–H and O–H groups in total. The Kier molecular flexibility index (Phi) is 5.00. The van der Waals surface area contributed by atoms with Gasteiger partial charge < -0.3 is 10.2 Å². The Morgan fingerprint density at radius 1 is 1.05 bits per heavy atom. The molecular formula is C15H26N4. The number of aromatic nitrogens is 2. The van der Waals surface area contributed by atoms with Crippen molar-refractivity contribution in [1.82, 2.24) is 9.97 Å². The van der Waals surface area contributed by atoms with E-state index < -0.39 is 0 Å². The van der Waals surface area contributed by atoms with Crippen molar-refractivity contribution in [2.45, 2.75) is 52.9 Å². The second-order valence-corrected chi connectivity index (χ2v) is 5.22. The molecule has 1 fully saturated rings. The molecule has 4 nitrogen and oxygen atoms in total. The SMILES string of the molecule is CCNc1nc(CC)nc(N2CCCCCC2)c1C. The molecule has 2 rings (SSSR count). The summed E-state index contributed by atoms with van der Waals surface area (Å²) in [5.41, 5.74) is 1.20. The van der Waals surface area contributed by atoms with Crippen LogP contribution in [0.3, 0.4) is 0 Å². The van der Waals surface area contributed by atoms with E-state index in [0.717, 1.165) is 43.5 Å². The standard InChI is InChI=1S/C15H26N4/c1-4-13-17-14(16-5-2)12(3)15(18-13)19-10-8-6-7-9-11-19/h4-11H2,1-3H3,(H,16,17,18). The van der Waals surface area contributed by atoms with Gasteiger partial charge in [0.15, 0.2) is 0 Å². The van der Waals surface area contributed by atoms with E-state index in [1.54, 1.807) is 0 Å². The molecule has 0 radical (unpaired) electrons. The second kappa shape index (κ2) is 6.73. The Balaban J connectivity index is 2.33. The second-order valence-electron chi connectivity index (χ2n) is 5.22. The van der Waals surface area contributed by atoms with Crippen molar-refractivity contribution in [3.05, 3.63) is 11.4 Å². The molecule has 0 atom stereocenters. The average molecular weight is 262 g/mol. The van der Waals surface area contributed by atoms with E-state index in [-0.39, 0.29) is 0 Å². The summed E-state index contributed by atoms with van der Waals surface area (Å²) >= 11 is 0. The van der Waals surface area contributed by atoms with Gasteiger partial charge in [0.05, 0.1) is 0 Å². The summed E-state index contributed by atoms with van der Waals surface area (Å²) in [7, 11) is 0. The number of anilines is 2. The lowest BCUT2D eigenvalue weighted by Crippen LogP contribution is -2.27. The molecule has 1 aromatic rings. The fourth-order valence-corrected chi connectivity index (χ4v) is 2.64. The molecule has 19 heavy (non-hydrogen) atoms. The zero-order valence-electron chi connectivity index (χ0n) is 12.5. The molecule has 0 saturated carbocycles. The smallest absolute Gasteiger partial charge is 0.137 e. The van der Waals surface area contributed by atoms with Gasteiger partial charge in [-0.15, -0.1) is 0 Å². The van der Waals surface area contributed by atoms with Gasteiger partial charge in [-0.25, -0.2) is 9.97 Å². The first-order chi connectivity index (χ1) is 9.26. The third kappa shape index (κ3) is 3.37. The summed E-state index contributed by atoms with van der Waals surface area (Å²) in [6, 6.07) is 0. The van der Waals surface area contributed by atoms with E-state index in [4.69, 9.17) is 4.98 Å². The lowest BCUT2D eigenvalue weighted by Gasteiger charge is -2.25. The van der Waals surface area contributed by atoms with Gasteiger partial charge in [0, 0.05) is 31.6 Å². The molecule has 0 unspecified atom stereocenters. The first-order valence-corrected chi connectivity index (χ1v) is 7.62. The van der Waals surface area contributed by atoms with Gasteiger partial charge in [-0.1, -0.05) is 19.8 Å². The third-order valence-electron chi connectivity index (χ3n) is 3.73. The molecule has 1 aromatic heterocycles. The number of hydrogen-bond acceptors (Lipinski definition) is 4. The Morgan fingerprint density at radius 2 is 1.74 bits per heavy atom. The van der Waals surface area contributed by atoms with Crippen molar-refractivity contribution in [2.75, 3.05) is 29.9 Å². The average Bonchev–Trinajstić information content (AvgIpc) is 2.70. The Hall–Kier alpha value is -1.32. The van der Waals surface area contributed by atoms with E-state index in [2.05, 4.69) is 36.0 Å². The Bertz CT molecular complexity index is 409. The highest BCUT2D eigenvalue weighted by atomic mass is 15.2. The van der Waals surface area contributed by atoms with Gasteiger partial charge in [-0.3, -0.25) is 0 Å². The summed E-state index contributed by atoms with van der Waals surface area (Å²) < 4.78 is 0. The predicted molar refractivity (Wildman–Crippen MR) is 81.0 cm³/mol. The van der Waals surface area contributed by atoms with Crippen molar-refractivity contribution >= 4 is 11.6 Å². The van der Waals surface area contributed by atoms with Gasteiger partial charge in [-0.2, -0.15) is 0 Å². The maximum atomic E-state index is 4.77. The van der Waals surface area contributed by atoms with Crippen molar-refractivity contribution in [1.29, 1.82) is 0 Å². The van der Waals surface area contributed by atoms with Gasteiger partial charge in [0.25, 0.3) is 0 Å². The number of rotatable bonds is 4. The number of nitrogens with one attached hydrogen (secondary N) is 1. The van der Waals surface area contributed by atoms with Crippen LogP contribution in [0.25, 0.3) is 0 Å². The van der Waals surface area contributed by atoms with Gasteiger partial charge in [-0.05, 0) is 26.7 Å². The Morgan fingerprint density at radius 3 is 2.32 bits per heavy atom. The lowest BCUT2D eigenvalue weighted by molar-refractivity contribution is 0.726. The fourth-order valence-electron chi connectivity index (χ4n) is 2.64. The summed E-state index contributed by atoms with van der Waals surface area (Å²) in [4.78, 5) is 11.8. The molecular weight excluding hydrogens is 236 g/mol. The van der Waals surface area contributed by atoms with Crippen molar-refractivity contribution in [2.24, 2.45) is 0 Å². The van der Waals surface area contributed by atoms with Gasteiger partial charge in [0.1, 0.15) is 17.5 Å². The zero-order valence-corrected chi connectivity index (χ0v) is 12.5. The lowest BCUT2D eigenvalue weighted by atomic mass is 10.2. The van der Waals surface area contributed by atoms with E-state index >= 15 is 0 Å². The molecule has 0 spiro atoms. The van der Waals surface area contributed by atoms with Crippen LogP contribution in [0.5, 0.6) is 0 Å². The molecule has 1 saturated heterocycles. The first kappa shape index (κ1) is 14.1. The van der Waals surface area contributed by atoms with E-state index in [0.29, 0.717) is 0 Å². The summed E-state index contributed by atoms with van der Waals surface area (Å²) in [6.07, 6.45) is 6.14. The highest BCUT2D eigenvalue weighted by Crippen LogP contribution is 2.26. The van der Waals surface area contributed by atoms with Crippen LogP contribution in [0.4, 0.5) is 11.6 Å². The third-order valence-corrected chi connectivity index (χ3v) is 3.73. The quantitative estimate of drug-likeness (QED) is 0.905. The van der Waals surface area contributed by atoms with Gasteiger partial charge >= 0.3 is 0 Å². The molecule has 0 amide bonds. The highest BCUT2D eigenvalue weighted by Gasteiger charge is 2.17. The summed E-state index contributed by atoms with van der Waals surface area (Å²) in [6.45, 7) is 9.53. The van der Waals surface area contributed by atoms with Crippen LogP contribution in [0.1, 0.15) is 50.9 Å². The number of hydrogen-bond donors (Lipinski definition) is 1. The van der Waals surface area contributed by atoms with Crippen LogP contribution in [-0.2, 0) is 6.42 Å². The zero-order chi connectivity index (χ0) is 13.7. The van der Waals surface area contributed by atoms with Crippen LogP contribution in [0.15, 0.2) is 0 Å². The topological polar surface area (TPSA) is 41.1 Å². The molecule has 1 aliphatic rings. The minimum absolute atomic E-state index is 0.888. The molecule has 0 aromatic carbocycles. The first-order valence-electron chi connectivity index (χ1n) is 7.62. The van der Waals surface area contributed by atoms with E-state index in [9.17, 15) is 0 Å². The molecule has 0 bridgehead atoms. The fraction of sp³-hybridized carbons (Fsp3) is 0.733. The summed E-state index contributed by atoms with van der Waals surface area (Å²) in [5.74, 6) is 3.10. The predicted octanol–water partition coefficient (Wildman–Crippen LogP) is 3.16. The van der Waals surface area contributed by atoms with E-state index in [1.165, 1.54) is 31.2 Å². The number of nitrogens with zero attached hydrogens (tertiary/aromatic N) is 3. The molecule has 4 heteroatoms. The maximum absolute atomic E-state index is 4.77. The monoisotopic (exact) mass is 262 g/mol. The normalized spacial score (nSPS) is 16.3. The number of aryl methyl sites for hydroxylation is 1. The van der Waals surface area contributed by atoms with Gasteiger partial charge in [0.2, 0.25) is 0 Å².